The van der Waals surface area contributed by atoms with E-state index in [0.717, 1.165) is 86.8 Å². The molecule has 1 heterocycles. The summed E-state index contributed by atoms with van der Waals surface area (Å²) in [6.45, 7) is 13.0. The summed E-state index contributed by atoms with van der Waals surface area (Å²) in [7, 11) is 0. The van der Waals surface area contributed by atoms with Crippen molar-refractivity contribution in [2.75, 3.05) is 97.1 Å². The number of unbranched alkanes of at least 4 members (excludes halogenated alkanes) is 10. The van der Waals surface area contributed by atoms with Gasteiger partial charge in [0.2, 0.25) is 11.8 Å². The molecule has 2 atom stereocenters. The number of aryl methyl sites for hydroxylation is 1. The second-order valence-electron chi connectivity index (χ2n) is 17.5. The summed E-state index contributed by atoms with van der Waals surface area (Å²) in [5.74, 6) is -3.82. The van der Waals surface area contributed by atoms with Gasteiger partial charge in [-0.15, -0.1) is 21.6 Å². The van der Waals surface area contributed by atoms with E-state index in [1.165, 1.54) is 12.8 Å². The van der Waals surface area contributed by atoms with Gasteiger partial charge in [-0.3, -0.25) is 19.2 Å². The maximum absolute atomic E-state index is 12.4. The molecule has 2 amide bonds. The molecule has 0 saturated carbocycles. The van der Waals surface area contributed by atoms with Crippen molar-refractivity contribution in [2.45, 2.75) is 130 Å². The van der Waals surface area contributed by atoms with E-state index in [0.29, 0.717) is 105 Å². The van der Waals surface area contributed by atoms with Gasteiger partial charge in [-0.1, -0.05) is 90.9 Å². The minimum absolute atomic E-state index is 0.0353. The summed E-state index contributed by atoms with van der Waals surface area (Å²) in [6.07, 6.45) is 13.7. The minimum Gasteiger partial charge on any atom is -0.481 e. The molecule has 0 aliphatic carbocycles. The molecule has 1 aromatic carbocycles. The number of hydrogen-bond donors (Lipinski definition) is 4. The predicted octanol–water partition coefficient (Wildman–Crippen LogP) is 9.33. The Morgan fingerprint density at radius 1 is 0.634 bits per heavy atom. The number of nitriles is 2. The number of carboxylic acids is 2. The van der Waals surface area contributed by atoms with Gasteiger partial charge < -0.3 is 49.4 Å². The number of nitrogens with one attached hydrogen (secondary N) is 2. The normalized spacial score (nSPS) is 12.1. The number of amides is 2. The molecule has 396 valence electrons. The molecular weight excluding hydrogens is 931 g/mol. The first kappa shape index (κ1) is 62.1. The van der Waals surface area contributed by atoms with Gasteiger partial charge in [0.15, 0.2) is 5.00 Å². The molecule has 0 fully saturated rings. The van der Waals surface area contributed by atoms with Gasteiger partial charge >= 0.3 is 11.9 Å². The Hall–Kier alpha value is -5.02. The van der Waals surface area contributed by atoms with Crippen LogP contribution in [0, 0.1) is 48.3 Å². The fourth-order valence-corrected chi connectivity index (χ4v) is 8.40. The summed E-state index contributed by atoms with van der Waals surface area (Å²) < 4.78 is 28.7. The van der Waals surface area contributed by atoms with Crippen LogP contribution in [0.3, 0.4) is 0 Å². The lowest BCUT2D eigenvalue weighted by molar-refractivity contribution is -0.144. The number of azo groups is 1. The van der Waals surface area contributed by atoms with E-state index in [4.69, 9.17) is 23.7 Å². The Balaban J connectivity index is 1.77. The maximum Gasteiger partial charge on any atom is 0.307 e. The number of carboxylic acid groups (broad SMARTS) is 2. The molecule has 4 N–H and O–H groups in total. The van der Waals surface area contributed by atoms with Crippen molar-refractivity contribution in [1.29, 1.82) is 10.5 Å². The third kappa shape index (κ3) is 28.0. The van der Waals surface area contributed by atoms with Crippen LogP contribution in [-0.2, 0) is 42.9 Å². The third-order valence-corrected chi connectivity index (χ3v) is 12.9. The van der Waals surface area contributed by atoms with E-state index >= 15 is 0 Å². The van der Waals surface area contributed by atoms with Crippen LogP contribution in [-0.4, -0.2) is 126 Å². The topological polar surface area (TPSA) is 254 Å². The van der Waals surface area contributed by atoms with Crippen LogP contribution in [0.25, 0.3) is 0 Å². The Kier molecular flexibility index (Phi) is 34.6. The molecule has 2 unspecified atom stereocenters. The molecule has 18 nitrogen and oxygen atoms in total. The number of anilines is 1. The fraction of sp³-hybridized carbons (Fsp3) is 0.692. The van der Waals surface area contributed by atoms with E-state index < -0.39 is 23.8 Å². The monoisotopic (exact) mass is 1010 g/mol. The van der Waals surface area contributed by atoms with E-state index in [9.17, 15) is 39.9 Å². The van der Waals surface area contributed by atoms with Crippen molar-refractivity contribution in [3.8, 4) is 12.1 Å². The third-order valence-electron chi connectivity index (χ3n) is 11.8. The lowest BCUT2D eigenvalue weighted by Gasteiger charge is -2.25. The van der Waals surface area contributed by atoms with Crippen molar-refractivity contribution in [3.05, 3.63) is 39.8 Å². The van der Waals surface area contributed by atoms with Crippen LogP contribution < -0.4 is 15.5 Å². The number of rotatable bonds is 44. The van der Waals surface area contributed by atoms with Crippen LogP contribution in [0.15, 0.2) is 28.4 Å². The number of carbonyl (C=O) groups excluding carboxylic acids is 2. The zero-order valence-corrected chi connectivity index (χ0v) is 43.6. The number of nitrogens with zero attached hydrogens (tertiary/aromatic N) is 5. The predicted molar refractivity (Wildman–Crippen MR) is 274 cm³/mol. The molecule has 0 aliphatic heterocycles. The van der Waals surface area contributed by atoms with Crippen molar-refractivity contribution in [2.24, 2.45) is 22.1 Å². The maximum atomic E-state index is 12.4. The van der Waals surface area contributed by atoms with Crippen molar-refractivity contribution >= 4 is 51.5 Å². The second-order valence-corrected chi connectivity index (χ2v) is 18.5. The van der Waals surface area contributed by atoms with Gasteiger partial charge in [-0.2, -0.15) is 10.5 Å². The Labute approximate surface area is 425 Å². The lowest BCUT2D eigenvalue weighted by Crippen LogP contribution is -2.32. The molecule has 0 saturated heterocycles. The number of hydrogen-bond acceptors (Lipinski definition) is 15. The van der Waals surface area contributed by atoms with Gasteiger partial charge in [0.1, 0.15) is 17.0 Å². The van der Waals surface area contributed by atoms with Gasteiger partial charge in [0, 0.05) is 44.7 Å². The average Bonchev–Trinajstić information content (AvgIpc) is 3.67. The van der Waals surface area contributed by atoms with Crippen LogP contribution >= 0.6 is 11.3 Å². The summed E-state index contributed by atoms with van der Waals surface area (Å²) >= 11 is 1.13. The van der Waals surface area contributed by atoms with Gasteiger partial charge in [-0.05, 0) is 56.0 Å². The molecule has 2 rings (SSSR count). The highest BCUT2D eigenvalue weighted by Crippen LogP contribution is 2.36. The van der Waals surface area contributed by atoms with Crippen LogP contribution in [0.4, 0.5) is 16.4 Å². The summed E-state index contributed by atoms with van der Waals surface area (Å²) in [5, 5.41) is 52.7. The number of aliphatic carboxylic acids is 2. The second kappa shape index (κ2) is 39.6. The quantitative estimate of drug-likeness (QED) is 0.0356. The SMILES string of the molecule is CCCCCCCCC(CC(=O)NCCOCCOCCOCCN(CCOCCOCCNC(=O)CC(CCCCCCCC)C(=O)O)c1ccc(/N=N/c2sc(C#N)c(C)c2C#N)c(C)c1)C(=O)O. The number of thiophene rings is 1. The number of benzene rings is 1. The van der Waals surface area contributed by atoms with E-state index in [2.05, 4.69) is 51.7 Å². The van der Waals surface area contributed by atoms with E-state index in [1.807, 2.05) is 25.1 Å². The van der Waals surface area contributed by atoms with Crippen LogP contribution in [0.5, 0.6) is 0 Å². The zero-order chi connectivity index (χ0) is 51.9. The first-order valence-corrected chi connectivity index (χ1v) is 26.4. The number of carbonyl (C=O) groups is 4. The summed E-state index contributed by atoms with van der Waals surface area (Å²) in [4.78, 5) is 50.6. The van der Waals surface area contributed by atoms with Crippen molar-refractivity contribution < 1.29 is 53.1 Å². The Morgan fingerprint density at radius 3 is 1.52 bits per heavy atom. The van der Waals surface area contributed by atoms with Crippen LogP contribution in [0.2, 0.25) is 0 Å². The van der Waals surface area contributed by atoms with Crippen molar-refractivity contribution in [3.63, 3.8) is 0 Å². The molecule has 1 aromatic heterocycles. The van der Waals surface area contributed by atoms with Gasteiger partial charge in [0.05, 0.1) is 89.2 Å². The summed E-state index contributed by atoms with van der Waals surface area (Å²) in [6, 6.07) is 9.99. The first-order valence-electron chi connectivity index (χ1n) is 25.5. The van der Waals surface area contributed by atoms with Gasteiger partial charge in [0.25, 0.3) is 0 Å². The van der Waals surface area contributed by atoms with E-state index in [1.54, 1.807) is 6.92 Å². The highest BCUT2D eigenvalue weighted by atomic mass is 32.1. The Morgan fingerprint density at radius 2 is 1.08 bits per heavy atom. The lowest BCUT2D eigenvalue weighted by atomic mass is 9.97. The van der Waals surface area contributed by atoms with Crippen LogP contribution in [0.1, 0.15) is 138 Å². The summed E-state index contributed by atoms with van der Waals surface area (Å²) in [5.41, 5.74) is 3.32. The molecule has 71 heavy (non-hydrogen) atoms. The van der Waals surface area contributed by atoms with E-state index in [-0.39, 0.29) is 51.0 Å². The standard InChI is InChI=1S/C52H81N7O11S/c1-5-7-9-11-13-15-17-42(51(62)63)36-48(60)55-21-25-66-29-31-68-27-23-59(44-19-20-46(40(3)35-44)57-58-50-45(38-53)41(4)47(39-54)71-50)24-28-69-32-34-70-33-30-67-26-22-56-49(61)37-43(52(64)65)18-16-14-12-10-8-6-2/h19-20,35,42-43H,5-18,21-34,36-37H2,1-4H3,(H,55,60)(H,56,61)(H,62,63)(H,64,65)/b58-57+. The van der Waals surface area contributed by atoms with Crippen molar-refractivity contribution in [1.82, 2.24) is 10.6 Å². The highest BCUT2D eigenvalue weighted by molar-refractivity contribution is 7.16. The molecule has 19 heteroatoms. The van der Waals surface area contributed by atoms with Gasteiger partial charge in [-0.25, -0.2) is 0 Å². The molecule has 0 spiro atoms. The number of ether oxygens (including phenoxy) is 5. The largest absolute Gasteiger partial charge is 0.481 e. The Bertz CT molecular complexity index is 1950. The molecule has 2 aromatic rings. The molecule has 0 aliphatic rings. The molecular formula is C52H81N7O11S. The highest BCUT2D eigenvalue weighted by Gasteiger charge is 2.22. The first-order chi connectivity index (χ1) is 34.4. The zero-order valence-electron chi connectivity index (χ0n) is 42.8. The fourth-order valence-electron chi connectivity index (χ4n) is 7.52. The molecule has 0 bridgehead atoms. The molecule has 0 radical (unpaired) electrons. The average molecular weight is 1010 g/mol. The smallest absolute Gasteiger partial charge is 0.307 e. The minimum atomic E-state index is -0.939.